The molecule has 0 radical (unpaired) electrons. The number of carbonyl (C=O) groups excluding carboxylic acids is 1. The lowest BCUT2D eigenvalue weighted by molar-refractivity contribution is -0.129. The van der Waals surface area contributed by atoms with Crippen LogP contribution in [0.5, 0.6) is 11.5 Å². The van der Waals surface area contributed by atoms with E-state index >= 15 is 0 Å². The van der Waals surface area contributed by atoms with Crippen LogP contribution < -0.4 is 9.47 Å². The third kappa shape index (κ3) is 4.22. The second-order valence-electron chi connectivity index (χ2n) is 7.40. The molecule has 2 aliphatic rings. The van der Waals surface area contributed by atoms with E-state index in [1.165, 1.54) is 11.8 Å². The van der Waals surface area contributed by atoms with E-state index in [1.54, 1.807) is 6.33 Å². The van der Waals surface area contributed by atoms with Gasteiger partial charge >= 0.3 is 0 Å². The molecule has 0 saturated carbocycles. The summed E-state index contributed by atoms with van der Waals surface area (Å²) in [5, 5.41) is 9.48. The number of likely N-dealkylation sites (tertiary alicyclic amines) is 1. The van der Waals surface area contributed by atoms with Crippen LogP contribution in [0.1, 0.15) is 24.4 Å². The summed E-state index contributed by atoms with van der Waals surface area (Å²) in [7, 11) is 0. The van der Waals surface area contributed by atoms with Crippen LogP contribution >= 0.6 is 23.4 Å². The van der Waals surface area contributed by atoms with Gasteiger partial charge in [0.05, 0.1) is 17.5 Å². The Hall–Kier alpha value is -2.71. The Bertz CT molecular complexity index is 1110. The number of benzene rings is 2. The highest BCUT2D eigenvalue weighted by Gasteiger charge is 2.31. The second-order valence-corrected chi connectivity index (χ2v) is 8.78. The fourth-order valence-electron chi connectivity index (χ4n) is 4.01. The van der Waals surface area contributed by atoms with Crippen molar-refractivity contribution in [3.63, 3.8) is 0 Å². The minimum absolute atomic E-state index is 0.0507. The molecule has 1 saturated heterocycles. The highest BCUT2D eigenvalue weighted by atomic mass is 35.5. The Morgan fingerprint density at radius 3 is 2.90 bits per heavy atom. The van der Waals surface area contributed by atoms with Gasteiger partial charge in [-0.3, -0.25) is 9.36 Å². The van der Waals surface area contributed by atoms with Crippen LogP contribution in [0.3, 0.4) is 0 Å². The number of hydrogen-bond acceptors (Lipinski definition) is 6. The van der Waals surface area contributed by atoms with Gasteiger partial charge in [-0.1, -0.05) is 35.5 Å². The minimum atomic E-state index is 0.0507. The largest absolute Gasteiger partial charge is 0.486 e. The van der Waals surface area contributed by atoms with Gasteiger partial charge in [0.1, 0.15) is 19.5 Å². The molecule has 1 amide bonds. The third-order valence-electron chi connectivity index (χ3n) is 5.45. The van der Waals surface area contributed by atoms with Crippen LogP contribution in [0.15, 0.2) is 53.9 Å². The maximum Gasteiger partial charge on any atom is 0.233 e. The lowest BCUT2D eigenvalue weighted by atomic mass is 10.0. The van der Waals surface area contributed by atoms with Gasteiger partial charge in [0, 0.05) is 11.6 Å². The fraction of sp³-hybridized carbons (Fsp3) is 0.318. The van der Waals surface area contributed by atoms with E-state index in [9.17, 15) is 4.79 Å². The first-order chi connectivity index (χ1) is 15.2. The summed E-state index contributed by atoms with van der Waals surface area (Å²) in [6.45, 7) is 1.87. The molecule has 1 fully saturated rings. The summed E-state index contributed by atoms with van der Waals surface area (Å²) in [5.41, 5.74) is 1.95. The van der Waals surface area contributed by atoms with Crippen molar-refractivity contribution in [2.45, 2.75) is 24.0 Å². The molecule has 3 aromatic rings. The van der Waals surface area contributed by atoms with Gasteiger partial charge in [0.2, 0.25) is 5.91 Å². The molecule has 0 N–H and O–H groups in total. The molecule has 9 heteroatoms. The van der Waals surface area contributed by atoms with Crippen LogP contribution in [-0.4, -0.2) is 51.1 Å². The predicted molar refractivity (Wildman–Crippen MR) is 118 cm³/mol. The van der Waals surface area contributed by atoms with Crippen molar-refractivity contribution in [3.05, 3.63) is 59.4 Å². The Kier molecular flexibility index (Phi) is 5.74. The number of carbonyl (C=O) groups is 1. The maximum atomic E-state index is 13.1. The number of thioether (sulfide) groups is 1. The SMILES string of the molecule is O=C(CSc1nncn1-c1cccc(Cl)c1)N1CCCC1c1ccc2c(c1)OCCO2. The van der Waals surface area contributed by atoms with E-state index in [1.807, 2.05) is 51.9 Å². The topological polar surface area (TPSA) is 69.5 Å². The number of hydrogen-bond donors (Lipinski definition) is 0. The van der Waals surface area contributed by atoms with Crippen molar-refractivity contribution >= 4 is 29.3 Å². The maximum absolute atomic E-state index is 13.1. The van der Waals surface area contributed by atoms with E-state index in [4.69, 9.17) is 21.1 Å². The van der Waals surface area contributed by atoms with Crippen molar-refractivity contribution in [2.24, 2.45) is 0 Å². The fourth-order valence-corrected chi connectivity index (χ4v) is 5.01. The van der Waals surface area contributed by atoms with Crippen LogP contribution in [0.4, 0.5) is 0 Å². The molecule has 0 spiro atoms. The van der Waals surface area contributed by atoms with E-state index in [-0.39, 0.29) is 11.9 Å². The van der Waals surface area contributed by atoms with E-state index in [0.29, 0.717) is 29.1 Å². The summed E-state index contributed by atoms with van der Waals surface area (Å²) < 4.78 is 13.2. The summed E-state index contributed by atoms with van der Waals surface area (Å²) in [6, 6.07) is 13.5. The number of ether oxygens (including phenoxy) is 2. The molecule has 31 heavy (non-hydrogen) atoms. The smallest absolute Gasteiger partial charge is 0.233 e. The van der Waals surface area contributed by atoms with E-state index in [2.05, 4.69) is 10.2 Å². The summed E-state index contributed by atoms with van der Waals surface area (Å²) in [6.07, 6.45) is 3.55. The molecule has 160 valence electrons. The van der Waals surface area contributed by atoms with Gasteiger partial charge in [0.15, 0.2) is 16.7 Å². The van der Waals surface area contributed by atoms with Crippen molar-refractivity contribution < 1.29 is 14.3 Å². The standard InChI is InChI=1S/C22H21ClN4O3S/c23-16-3-1-4-17(12-16)27-14-24-25-22(27)31-13-21(28)26-8-2-5-18(26)15-6-7-19-20(11-15)30-10-9-29-19/h1,3-4,6-7,11-12,14,18H,2,5,8-10,13H2. The van der Waals surface area contributed by atoms with Gasteiger partial charge in [0.25, 0.3) is 0 Å². The number of halogens is 1. The lowest BCUT2D eigenvalue weighted by Gasteiger charge is -2.26. The van der Waals surface area contributed by atoms with Crippen LogP contribution in [0, 0.1) is 0 Å². The number of amides is 1. The molecule has 7 nitrogen and oxygen atoms in total. The zero-order valence-corrected chi connectivity index (χ0v) is 18.3. The average Bonchev–Trinajstić information content (AvgIpc) is 3.47. The van der Waals surface area contributed by atoms with Gasteiger partial charge in [-0.15, -0.1) is 10.2 Å². The molecule has 1 atom stereocenters. The van der Waals surface area contributed by atoms with Gasteiger partial charge < -0.3 is 14.4 Å². The molecule has 3 heterocycles. The Morgan fingerprint density at radius 1 is 1.16 bits per heavy atom. The van der Waals surface area contributed by atoms with E-state index in [0.717, 1.165) is 42.1 Å². The quantitative estimate of drug-likeness (QED) is 0.537. The normalized spacial score (nSPS) is 17.7. The number of rotatable bonds is 5. The minimum Gasteiger partial charge on any atom is -0.486 e. The number of nitrogens with zero attached hydrogens (tertiary/aromatic N) is 4. The molecule has 1 unspecified atom stereocenters. The Morgan fingerprint density at radius 2 is 2.03 bits per heavy atom. The van der Waals surface area contributed by atoms with Crippen LogP contribution in [0.2, 0.25) is 5.02 Å². The Balaban J connectivity index is 1.28. The zero-order valence-electron chi connectivity index (χ0n) is 16.7. The summed E-state index contributed by atoms with van der Waals surface area (Å²) in [4.78, 5) is 15.0. The third-order valence-corrected chi connectivity index (χ3v) is 6.61. The molecular formula is C22H21ClN4O3S. The van der Waals surface area contributed by atoms with Gasteiger partial charge in [-0.2, -0.15) is 0 Å². The molecule has 0 aliphatic carbocycles. The molecule has 0 bridgehead atoms. The first-order valence-corrected chi connectivity index (χ1v) is 11.5. The van der Waals surface area contributed by atoms with Crippen molar-refractivity contribution in [3.8, 4) is 17.2 Å². The van der Waals surface area contributed by atoms with Crippen molar-refractivity contribution in [2.75, 3.05) is 25.5 Å². The molecule has 2 aliphatic heterocycles. The lowest BCUT2D eigenvalue weighted by Crippen LogP contribution is -2.32. The first-order valence-electron chi connectivity index (χ1n) is 10.2. The van der Waals surface area contributed by atoms with Crippen LogP contribution in [0.25, 0.3) is 5.69 Å². The second kappa shape index (κ2) is 8.80. The Labute approximate surface area is 189 Å². The molecule has 2 aromatic carbocycles. The zero-order chi connectivity index (χ0) is 21.2. The number of aromatic nitrogens is 3. The monoisotopic (exact) mass is 456 g/mol. The number of fused-ring (bicyclic) bond motifs is 1. The molecule has 5 rings (SSSR count). The summed E-state index contributed by atoms with van der Waals surface area (Å²) in [5.74, 6) is 1.90. The highest BCUT2D eigenvalue weighted by molar-refractivity contribution is 7.99. The van der Waals surface area contributed by atoms with E-state index < -0.39 is 0 Å². The van der Waals surface area contributed by atoms with Crippen LogP contribution in [-0.2, 0) is 4.79 Å². The van der Waals surface area contributed by atoms with Gasteiger partial charge in [-0.25, -0.2) is 0 Å². The first kappa shape index (κ1) is 20.2. The summed E-state index contributed by atoms with van der Waals surface area (Å²) >= 11 is 7.49. The highest BCUT2D eigenvalue weighted by Crippen LogP contribution is 2.38. The molecule has 1 aromatic heterocycles. The van der Waals surface area contributed by atoms with Gasteiger partial charge in [-0.05, 0) is 48.7 Å². The molecular weight excluding hydrogens is 436 g/mol. The van der Waals surface area contributed by atoms with Crippen molar-refractivity contribution in [1.29, 1.82) is 0 Å². The van der Waals surface area contributed by atoms with Crippen molar-refractivity contribution in [1.82, 2.24) is 19.7 Å². The average molecular weight is 457 g/mol. The predicted octanol–water partition coefficient (Wildman–Crippen LogP) is 4.15.